The molecule has 2 heterocycles. The van der Waals surface area contributed by atoms with E-state index >= 15 is 0 Å². The molecule has 0 atom stereocenters. The number of anilines is 1. The van der Waals surface area contributed by atoms with Gasteiger partial charge in [-0.2, -0.15) is 0 Å². The minimum Gasteiger partial charge on any atom is -0.493 e. The third-order valence-electron chi connectivity index (χ3n) is 3.30. The molecule has 0 radical (unpaired) electrons. The minimum absolute atomic E-state index is 0.194. The molecule has 0 spiro atoms. The number of nitrogen functional groups attached to an aromatic ring is 1. The van der Waals surface area contributed by atoms with Gasteiger partial charge >= 0.3 is 0 Å². The lowest BCUT2D eigenvalue weighted by molar-refractivity contribution is 0.355. The molecule has 3 aromatic rings. The van der Waals surface area contributed by atoms with Crippen molar-refractivity contribution in [1.82, 2.24) is 9.38 Å². The van der Waals surface area contributed by atoms with Gasteiger partial charge in [-0.3, -0.25) is 4.40 Å². The monoisotopic (exact) mass is 287 g/mol. The number of methoxy groups -OCH3 is 2. The lowest BCUT2D eigenvalue weighted by Crippen LogP contribution is -1.95. The highest BCUT2D eigenvalue weighted by molar-refractivity contribution is 5.76. The Morgan fingerprint density at radius 2 is 1.90 bits per heavy atom. The van der Waals surface area contributed by atoms with Gasteiger partial charge in [-0.1, -0.05) is 0 Å². The SMILES string of the molecule is COc1ccc(-c2nc3c(F)cccn3c2N)cc1OC. The standard InChI is InChI=1S/C15H14FN3O2/c1-20-11-6-5-9(8-12(11)21-2)13-14(17)19-7-3-4-10(16)15(19)18-13/h3-8H,17H2,1-2H3. The smallest absolute Gasteiger partial charge is 0.175 e. The minimum atomic E-state index is -0.420. The largest absolute Gasteiger partial charge is 0.493 e. The van der Waals surface area contributed by atoms with Crippen LogP contribution in [0.15, 0.2) is 36.5 Å². The first-order chi connectivity index (χ1) is 10.2. The van der Waals surface area contributed by atoms with E-state index in [1.54, 1.807) is 44.7 Å². The zero-order valence-electron chi connectivity index (χ0n) is 11.6. The molecule has 0 bridgehead atoms. The van der Waals surface area contributed by atoms with Crippen LogP contribution in [0.5, 0.6) is 11.5 Å². The van der Waals surface area contributed by atoms with Crippen molar-refractivity contribution >= 4 is 11.5 Å². The van der Waals surface area contributed by atoms with Crippen molar-refractivity contribution in [1.29, 1.82) is 0 Å². The maximum Gasteiger partial charge on any atom is 0.175 e. The van der Waals surface area contributed by atoms with Crippen molar-refractivity contribution in [2.24, 2.45) is 0 Å². The number of nitrogens with two attached hydrogens (primary N) is 1. The fourth-order valence-corrected chi connectivity index (χ4v) is 2.25. The van der Waals surface area contributed by atoms with Crippen LogP contribution in [-0.2, 0) is 0 Å². The van der Waals surface area contributed by atoms with Gasteiger partial charge < -0.3 is 15.2 Å². The van der Waals surface area contributed by atoms with Crippen LogP contribution >= 0.6 is 0 Å². The van der Waals surface area contributed by atoms with Crippen LogP contribution in [-0.4, -0.2) is 23.6 Å². The second-order valence-electron chi connectivity index (χ2n) is 4.47. The van der Waals surface area contributed by atoms with Gasteiger partial charge in [-0.15, -0.1) is 0 Å². The molecule has 2 aromatic heterocycles. The molecule has 0 amide bonds. The van der Waals surface area contributed by atoms with E-state index in [9.17, 15) is 4.39 Å². The Morgan fingerprint density at radius 3 is 2.57 bits per heavy atom. The Bertz CT molecular complexity index is 814. The van der Waals surface area contributed by atoms with Crippen molar-refractivity contribution in [3.63, 3.8) is 0 Å². The summed E-state index contributed by atoms with van der Waals surface area (Å²) in [6.07, 6.45) is 1.67. The van der Waals surface area contributed by atoms with Crippen LogP contribution < -0.4 is 15.2 Å². The summed E-state index contributed by atoms with van der Waals surface area (Å²) in [7, 11) is 3.11. The Hall–Kier alpha value is -2.76. The van der Waals surface area contributed by atoms with E-state index < -0.39 is 5.82 Å². The highest BCUT2D eigenvalue weighted by Crippen LogP contribution is 2.34. The van der Waals surface area contributed by atoms with E-state index in [4.69, 9.17) is 15.2 Å². The molecule has 0 saturated carbocycles. The molecule has 0 unspecified atom stereocenters. The fraction of sp³-hybridized carbons (Fsp3) is 0.133. The maximum atomic E-state index is 13.8. The number of rotatable bonds is 3. The molecule has 1 aromatic carbocycles. The molecule has 5 nitrogen and oxygen atoms in total. The van der Waals surface area contributed by atoms with Crippen LogP contribution in [0.4, 0.5) is 10.2 Å². The van der Waals surface area contributed by atoms with Gasteiger partial charge in [0.2, 0.25) is 0 Å². The highest BCUT2D eigenvalue weighted by Gasteiger charge is 2.15. The number of benzene rings is 1. The summed E-state index contributed by atoms with van der Waals surface area (Å²) in [4.78, 5) is 4.28. The number of hydrogen-bond acceptors (Lipinski definition) is 4. The van der Waals surface area contributed by atoms with Crippen molar-refractivity contribution in [2.45, 2.75) is 0 Å². The molecule has 2 N–H and O–H groups in total. The van der Waals surface area contributed by atoms with E-state index in [0.717, 1.165) is 5.56 Å². The highest BCUT2D eigenvalue weighted by atomic mass is 19.1. The van der Waals surface area contributed by atoms with Crippen LogP contribution in [0.1, 0.15) is 0 Å². The van der Waals surface area contributed by atoms with E-state index in [2.05, 4.69) is 4.98 Å². The summed E-state index contributed by atoms with van der Waals surface area (Å²) in [5.74, 6) is 1.12. The number of pyridine rings is 1. The van der Waals surface area contributed by atoms with Crippen molar-refractivity contribution in [3.8, 4) is 22.8 Å². The van der Waals surface area contributed by atoms with E-state index in [-0.39, 0.29) is 5.65 Å². The first-order valence-corrected chi connectivity index (χ1v) is 6.30. The average molecular weight is 287 g/mol. The Kier molecular flexibility index (Phi) is 3.13. The molecule has 108 valence electrons. The Balaban J connectivity index is 2.21. The first kappa shape index (κ1) is 13.2. The number of halogens is 1. The predicted octanol–water partition coefficient (Wildman–Crippen LogP) is 2.74. The molecule has 21 heavy (non-hydrogen) atoms. The number of nitrogens with zero attached hydrogens (tertiary/aromatic N) is 2. The summed E-state index contributed by atoms with van der Waals surface area (Å²) in [6.45, 7) is 0. The van der Waals surface area contributed by atoms with Gasteiger partial charge in [0.25, 0.3) is 0 Å². The van der Waals surface area contributed by atoms with E-state index in [0.29, 0.717) is 23.0 Å². The zero-order chi connectivity index (χ0) is 15.0. The number of ether oxygens (including phenoxy) is 2. The van der Waals surface area contributed by atoms with Crippen LogP contribution in [0.2, 0.25) is 0 Å². The molecule has 0 aliphatic carbocycles. The average Bonchev–Trinajstić information content (AvgIpc) is 2.85. The first-order valence-electron chi connectivity index (χ1n) is 6.30. The Labute approximate surface area is 120 Å². The van der Waals surface area contributed by atoms with Gasteiger partial charge in [-0.25, -0.2) is 9.37 Å². The van der Waals surface area contributed by atoms with Crippen LogP contribution in [0, 0.1) is 5.82 Å². The molecule has 0 aliphatic rings. The molecular formula is C15H14FN3O2. The quantitative estimate of drug-likeness (QED) is 0.804. The fourth-order valence-electron chi connectivity index (χ4n) is 2.25. The maximum absolute atomic E-state index is 13.8. The molecule has 6 heteroatoms. The van der Waals surface area contributed by atoms with Gasteiger partial charge in [0.15, 0.2) is 23.0 Å². The third kappa shape index (κ3) is 2.05. The Morgan fingerprint density at radius 1 is 1.14 bits per heavy atom. The van der Waals surface area contributed by atoms with Crippen LogP contribution in [0.3, 0.4) is 0 Å². The number of hydrogen-bond donors (Lipinski definition) is 1. The lowest BCUT2D eigenvalue weighted by Gasteiger charge is -2.08. The number of aromatic nitrogens is 2. The summed E-state index contributed by atoms with van der Waals surface area (Å²) < 4.78 is 25.7. The normalized spacial score (nSPS) is 10.8. The molecule has 0 saturated heterocycles. The molecule has 0 fully saturated rings. The summed E-state index contributed by atoms with van der Waals surface area (Å²) in [5.41, 5.74) is 7.49. The third-order valence-corrected chi connectivity index (χ3v) is 3.30. The lowest BCUT2D eigenvalue weighted by atomic mass is 10.1. The second-order valence-corrected chi connectivity index (χ2v) is 4.47. The summed E-state index contributed by atoms with van der Waals surface area (Å²) in [6, 6.07) is 8.25. The van der Waals surface area contributed by atoms with Gasteiger partial charge in [0, 0.05) is 11.8 Å². The van der Waals surface area contributed by atoms with Crippen molar-refractivity contribution < 1.29 is 13.9 Å². The second kappa shape index (κ2) is 4.97. The molecule has 3 rings (SSSR count). The summed E-state index contributed by atoms with van der Waals surface area (Å²) >= 11 is 0. The van der Waals surface area contributed by atoms with Gasteiger partial charge in [-0.05, 0) is 30.3 Å². The van der Waals surface area contributed by atoms with E-state index in [1.807, 2.05) is 0 Å². The predicted molar refractivity (Wildman–Crippen MR) is 78.1 cm³/mol. The van der Waals surface area contributed by atoms with E-state index in [1.165, 1.54) is 10.5 Å². The number of fused-ring (bicyclic) bond motifs is 1. The zero-order valence-corrected chi connectivity index (χ0v) is 11.6. The topological polar surface area (TPSA) is 61.8 Å². The summed E-state index contributed by atoms with van der Waals surface area (Å²) in [5, 5.41) is 0. The van der Waals surface area contributed by atoms with Crippen molar-refractivity contribution in [2.75, 3.05) is 20.0 Å². The molecular weight excluding hydrogens is 273 g/mol. The number of imidazole rings is 1. The van der Waals surface area contributed by atoms with Gasteiger partial charge in [0.1, 0.15) is 11.5 Å². The van der Waals surface area contributed by atoms with Crippen LogP contribution in [0.25, 0.3) is 16.9 Å². The van der Waals surface area contributed by atoms with Crippen molar-refractivity contribution in [3.05, 3.63) is 42.3 Å². The van der Waals surface area contributed by atoms with Gasteiger partial charge in [0.05, 0.1) is 14.2 Å². The molecule has 0 aliphatic heterocycles.